The van der Waals surface area contributed by atoms with Crippen molar-refractivity contribution in [3.8, 4) is 0 Å². The summed E-state index contributed by atoms with van der Waals surface area (Å²) >= 11 is 0. The minimum atomic E-state index is -3.26. The number of hydrogen-bond acceptors (Lipinski definition) is 1. The zero-order chi connectivity index (χ0) is 21.2. The Balaban J connectivity index is 3.15. The summed E-state index contributed by atoms with van der Waals surface area (Å²) < 4.78 is 94.0. The first-order chi connectivity index (χ1) is 11.1. The Bertz CT molecular complexity index is 586. The lowest BCUT2D eigenvalue weighted by atomic mass is 10.00. The van der Waals surface area contributed by atoms with Crippen LogP contribution in [-0.4, -0.2) is 41.5 Å². The number of hydrogen-bond donors (Lipinski definition) is 1. The largest absolute Gasteiger partial charge is 0.348 e. The summed E-state index contributed by atoms with van der Waals surface area (Å²) in [6, 6.07) is -7.12. The van der Waals surface area contributed by atoms with Gasteiger partial charge in [0.2, 0.25) is 0 Å². The summed E-state index contributed by atoms with van der Waals surface area (Å²) in [6.07, 6.45) is -6.52. The molecule has 0 aromatic carbocycles. The van der Waals surface area contributed by atoms with E-state index in [0.29, 0.717) is 4.90 Å². The maximum absolute atomic E-state index is 8.85. The van der Waals surface area contributed by atoms with E-state index in [0.717, 1.165) is 0 Å². The topological polar surface area (TPSA) is 7.68 Å². The zero-order valence-corrected chi connectivity index (χ0v) is 9.97. The fourth-order valence-corrected chi connectivity index (χ4v) is 1.68. The van der Waals surface area contributed by atoms with E-state index < -0.39 is 54.2 Å². The molecule has 2 atom stereocenters. The van der Waals surface area contributed by atoms with Crippen LogP contribution < -0.4 is 4.89 Å². The van der Waals surface area contributed by atoms with Crippen LogP contribution in [0, 0.1) is 0 Å². The maximum atomic E-state index is 8.85. The van der Waals surface area contributed by atoms with Gasteiger partial charge in [0.1, 0.15) is 0 Å². The highest BCUT2D eigenvalue weighted by atomic mass is 15.4. The fraction of sp³-hybridized carbons (Fsp3) is 1.00. The lowest BCUT2D eigenvalue weighted by Gasteiger charge is -2.46. The third kappa shape index (κ3) is 2.07. The van der Waals surface area contributed by atoms with Crippen LogP contribution in [0.1, 0.15) is 61.1 Å². The summed E-state index contributed by atoms with van der Waals surface area (Å²) in [5, 5.41) is 0. The van der Waals surface area contributed by atoms with Crippen LogP contribution in [-0.2, 0) is 0 Å². The van der Waals surface area contributed by atoms with Crippen molar-refractivity contribution in [1.82, 2.24) is 4.90 Å². The van der Waals surface area contributed by atoms with Crippen molar-refractivity contribution in [3.05, 3.63) is 0 Å². The van der Waals surface area contributed by atoms with E-state index >= 15 is 0 Å². The second-order valence-electron chi connectivity index (χ2n) is 5.14. The molecule has 0 aromatic heterocycles. The Labute approximate surface area is 110 Å². The molecule has 15 heavy (non-hydrogen) atoms. The van der Waals surface area contributed by atoms with Crippen LogP contribution in [0.4, 0.5) is 0 Å². The molecule has 0 aliphatic carbocycles. The summed E-state index contributed by atoms with van der Waals surface area (Å²) in [4.78, 5) is -1.18. The summed E-state index contributed by atoms with van der Waals surface area (Å²) in [7, 11) is 0. The van der Waals surface area contributed by atoms with Crippen LogP contribution >= 0.6 is 0 Å². The highest BCUT2D eigenvalue weighted by molar-refractivity contribution is 4.96. The van der Waals surface area contributed by atoms with Crippen LogP contribution in [0.5, 0.6) is 0 Å². The van der Waals surface area contributed by atoms with Crippen molar-refractivity contribution in [1.29, 1.82) is 0 Å². The van der Waals surface area contributed by atoms with Gasteiger partial charge in [-0.25, -0.2) is 0 Å². The number of piperazine rings is 1. The van der Waals surface area contributed by atoms with Crippen molar-refractivity contribution in [2.24, 2.45) is 0 Å². The molecular formula is C13H27N2+. The predicted molar refractivity (Wildman–Crippen MR) is 64.2 cm³/mol. The number of fused-ring (bicyclic) bond motifs is 2. The first-order valence-electron chi connectivity index (χ1n) is 10.7. The van der Waals surface area contributed by atoms with E-state index in [2.05, 4.69) is 0 Å². The molecule has 0 saturated carbocycles. The van der Waals surface area contributed by atoms with Crippen molar-refractivity contribution in [2.45, 2.75) is 71.0 Å². The minimum absolute atomic E-state index is 0.667. The lowest BCUT2D eigenvalue weighted by Crippen LogP contribution is -3.18. The lowest BCUT2D eigenvalue weighted by molar-refractivity contribution is -0.930. The molecule has 2 aliphatic rings. The van der Waals surface area contributed by atoms with E-state index in [-0.39, 0.29) is 0 Å². The fourth-order valence-electron chi connectivity index (χ4n) is 1.68. The third-order valence-electron chi connectivity index (χ3n) is 2.39. The molecule has 0 radical (unpaired) electrons. The number of nitrogens with zero attached hydrogens (tertiary/aromatic N) is 1. The zero-order valence-electron chi connectivity index (χ0n) is 21.0. The molecule has 2 saturated heterocycles. The first kappa shape index (κ1) is 3.99. The summed E-state index contributed by atoms with van der Waals surface area (Å²) in [6.45, 7) is 0.721. The van der Waals surface area contributed by atoms with Gasteiger partial charge in [-0.2, -0.15) is 0 Å². The van der Waals surface area contributed by atoms with Gasteiger partial charge in [-0.3, -0.25) is 4.90 Å². The Kier molecular flexibility index (Phi) is 0.995. The van der Waals surface area contributed by atoms with Gasteiger partial charge < -0.3 is 4.89 Å². The highest BCUT2D eigenvalue weighted by Crippen LogP contribution is 2.32. The van der Waals surface area contributed by atoms with E-state index in [9.17, 15) is 0 Å². The molecule has 2 heterocycles. The second kappa shape index (κ2) is 3.74. The normalized spacial score (nSPS) is 76.5. The molecule has 2 nitrogen and oxygen atoms in total. The molecule has 0 spiro atoms. The second-order valence-corrected chi connectivity index (χ2v) is 5.14. The number of rotatable bonds is 1. The van der Waals surface area contributed by atoms with Gasteiger partial charge in [0.25, 0.3) is 0 Å². The Morgan fingerprint density at radius 1 is 1.33 bits per heavy atom. The van der Waals surface area contributed by atoms with Crippen molar-refractivity contribution in [3.63, 3.8) is 0 Å². The molecule has 2 aliphatic heterocycles. The van der Waals surface area contributed by atoms with Crippen molar-refractivity contribution in [2.75, 3.05) is 13.0 Å². The van der Waals surface area contributed by atoms with Gasteiger partial charge >= 0.3 is 1.41 Å². The van der Waals surface area contributed by atoms with Gasteiger partial charge in [0.15, 0.2) is 0 Å². The predicted octanol–water partition coefficient (Wildman–Crippen LogP) is 0.925. The van der Waals surface area contributed by atoms with Gasteiger partial charge in [-0.05, 0) is 47.4 Å². The Morgan fingerprint density at radius 2 is 1.80 bits per heavy atom. The average molecular weight is 222 g/mol. The Morgan fingerprint density at radius 3 is 2.13 bits per heavy atom. The number of quaternary nitrogens is 1. The van der Waals surface area contributed by atoms with Crippen LogP contribution in [0.25, 0.3) is 0 Å². The van der Waals surface area contributed by atoms with E-state index in [1.54, 1.807) is 0 Å². The van der Waals surface area contributed by atoms with E-state index in [1.165, 1.54) is 34.6 Å². The summed E-state index contributed by atoms with van der Waals surface area (Å²) in [5.41, 5.74) is -1.32. The SMILES string of the molecule is [2H]C1([2H])C([2H])([2H])C2([2H])N(C(C)(C)C)C1([2H])C([2H])([2H])[N+]([2H])(C(C)C)C2([2H])[2H]. The minimum Gasteiger partial charge on any atom is -0.330 e. The van der Waals surface area contributed by atoms with E-state index in [1.807, 2.05) is 0 Å². The molecule has 2 fully saturated rings. The number of nitrogens with one attached hydrogen (secondary N) is 1. The highest BCUT2D eigenvalue weighted by Gasteiger charge is 2.47. The smallest absolute Gasteiger partial charge is 0.330 e. The maximum Gasteiger partial charge on any atom is 0.348 e. The van der Waals surface area contributed by atoms with E-state index in [4.69, 9.17) is 15.1 Å². The molecule has 2 bridgehead atoms. The molecule has 88 valence electrons. The standard InChI is InChI=1S/C13H26N2/c1-10(2)14-8-11-6-7-12(9-14)15(11)13(3,4)5/h10-12H,6-9H2,1-5H3/p+1/i6D2,7D2,8D2,9D2,11D,12D/hD. The van der Waals surface area contributed by atoms with Crippen molar-refractivity contribution < 1.29 is 20.0 Å². The molecule has 0 amide bonds. The molecule has 0 aromatic rings. The van der Waals surface area contributed by atoms with Gasteiger partial charge in [-0.15, -0.1) is 0 Å². The van der Waals surface area contributed by atoms with Crippen molar-refractivity contribution >= 4 is 0 Å². The molecule has 2 rings (SSSR count). The summed E-state index contributed by atoms with van der Waals surface area (Å²) in [5.74, 6) is 0. The Hall–Kier alpha value is -0.0800. The van der Waals surface area contributed by atoms with Gasteiger partial charge in [-0.1, -0.05) is 0 Å². The quantitative estimate of drug-likeness (QED) is 0.693. The van der Waals surface area contributed by atoms with Crippen LogP contribution in [0.2, 0.25) is 1.41 Å². The first-order valence-corrected chi connectivity index (χ1v) is 5.28. The average Bonchev–Trinajstić information content (AvgIpc) is 2.50. The molecule has 2 unspecified atom stereocenters. The molecule has 1 N–H and O–H groups in total. The number of likely N-dealkylation sites (tertiary alicyclic amines) is 1. The molecular weight excluding hydrogens is 184 g/mol. The molecule has 2 heteroatoms. The third-order valence-corrected chi connectivity index (χ3v) is 2.39. The van der Waals surface area contributed by atoms with Gasteiger partial charge in [0, 0.05) is 11.0 Å². The van der Waals surface area contributed by atoms with Gasteiger partial charge in [0.05, 0.1) is 39.3 Å². The van der Waals surface area contributed by atoms with Crippen LogP contribution in [0.3, 0.4) is 0 Å². The monoisotopic (exact) mass is 222 g/mol. The van der Waals surface area contributed by atoms with Crippen LogP contribution in [0.15, 0.2) is 0 Å².